The van der Waals surface area contributed by atoms with Gasteiger partial charge in [0.05, 0.1) is 12.4 Å². The van der Waals surface area contributed by atoms with Crippen LogP contribution >= 0.6 is 0 Å². The monoisotopic (exact) mass is 229 g/mol. The number of nitrogens with zero attached hydrogens (tertiary/aromatic N) is 2. The Labute approximate surface area is 100 Å². The van der Waals surface area contributed by atoms with Gasteiger partial charge in [-0.1, -0.05) is 30.3 Å². The van der Waals surface area contributed by atoms with E-state index >= 15 is 0 Å². The van der Waals surface area contributed by atoms with Gasteiger partial charge in [0.15, 0.2) is 0 Å². The maximum atomic E-state index is 11.7. The van der Waals surface area contributed by atoms with Gasteiger partial charge in [-0.3, -0.25) is 4.79 Å². The van der Waals surface area contributed by atoms with Crippen molar-refractivity contribution < 1.29 is 4.79 Å². The number of hydrogen-bond donors (Lipinski definition) is 1. The van der Waals surface area contributed by atoms with Crippen LogP contribution in [0.15, 0.2) is 49.1 Å². The fourth-order valence-corrected chi connectivity index (χ4v) is 1.66. The zero-order valence-corrected chi connectivity index (χ0v) is 9.71. The predicted molar refractivity (Wildman–Crippen MR) is 65.2 cm³/mol. The Bertz CT molecular complexity index is 465. The summed E-state index contributed by atoms with van der Waals surface area (Å²) in [4.78, 5) is 15.6. The lowest BCUT2D eigenvalue weighted by atomic mass is 10.1. The third-order valence-corrected chi connectivity index (χ3v) is 2.56. The summed E-state index contributed by atoms with van der Waals surface area (Å²) < 4.78 is 1.74. The molecule has 0 saturated heterocycles. The SMILES string of the molecule is C[C@H](NC(=O)Cn1ccnc1)c1ccccc1. The van der Waals surface area contributed by atoms with E-state index in [-0.39, 0.29) is 11.9 Å². The second-order valence-electron chi connectivity index (χ2n) is 3.93. The molecule has 0 bridgehead atoms. The molecule has 1 amide bonds. The van der Waals surface area contributed by atoms with Crippen LogP contribution in [-0.2, 0) is 11.3 Å². The molecule has 4 heteroatoms. The molecule has 4 nitrogen and oxygen atoms in total. The highest BCUT2D eigenvalue weighted by atomic mass is 16.2. The number of carbonyl (C=O) groups is 1. The molecule has 1 atom stereocenters. The third kappa shape index (κ3) is 3.17. The Morgan fingerprint density at radius 3 is 2.82 bits per heavy atom. The molecule has 17 heavy (non-hydrogen) atoms. The van der Waals surface area contributed by atoms with Crippen molar-refractivity contribution in [2.45, 2.75) is 19.5 Å². The van der Waals surface area contributed by atoms with Gasteiger partial charge in [0.25, 0.3) is 0 Å². The number of aromatic nitrogens is 2. The first-order chi connectivity index (χ1) is 8.25. The highest BCUT2D eigenvalue weighted by Crippen LogP contribution is 2.10. The second-order valence-corrected chi connectivity index (χ2v) is 3.93. The van der Waals surface area contributed by atoms with E-state index in [2.05, 4.69) is 10.3 Å². The number of carbonyl (C=O) groups excluding carboxylic acids is 1. The Kier molecular flexibility index (Phi) is 3.55. The van der Waals surface area contributed by atoms with Crippen molar-refractivity contribution >= 4 is 5.91 Å². The van der Waals surface area contributed by atoms with Gasteiger partial charge in [-0.25, -0.2) is 4.98 Å². The summed E-state index contributed by atoms with van der Waals surface area (Å²) in [7, 11) is 0. The van der Waals surface area contributed by atoms with Crippen LogP contribution in [0.1, 0.15) is 18.5 Å². The van der Waals surface area contributed by atoms with Gasteiger partial charge < -0.3 is 9.88 Å². The molecule has 0 aliphatic carbocycles. The van der Waals surface area contributed by atoms with E-state index < -0.39 is 0 Å². The lowest BCUT2D eigenvalue weighted by molar-refractivity contribution is -0.122. The average molecular weight is 229 g/mol. The smallest absolute Gasteiger partial charge is 0.240 e. The highest BCUT2D eigenvalue weighted by Gasteiger charge is 2.08. The highest BCUT2D eigenvalue weighted by molar-refractivity contribution is 5.76. The molecular weight excluding hydrogens is 214 g/mol. The molecule has 1 heterocycles. The van der Waals surface area contributed by atoms with Crippen LogP contribution in [0.4, 0.5) is 0 Å². The maximum absolute atomic E-state index is 11.7. The van der Waals surface area contributed by atoms with Gasteiger partial charge in [-0.2, -0.15) is 0 Å². The van der Waals surface area contributed by atoms with Crippen LogP contribution in [0.25, 0.3) is 0 Å². The van der Waals surface area contributed by atoms with Crippen LogP contribution in [0.2, 0.25) is 0 Å². The standard InChI is InChI=1S/C13H15N3O/c1-11(12-5-3-2-4-6-12)15-13(17)9-16-8-7-14-10-16/h2-8,10-11H,9H2,1H3,(H,15,17)/t11-/m0/s1. The number of rotatable bonds is 4. The molecule has 1 aromatic carbocycles. The van der Waals surface area contributed by atoms with Crippen molar-refractivity contribution in [3.05, 3.63) is 54.6 Å². The number of imidazole rings is 1. The number of nitrogens with one attached hydrogen (secondary N) is 1. The summed E-state index contributed by atoms with van der Waals surface area (Å²) in [6.45, 7) is 2.28. The fraction of sp³-hybridized carbons (Fsp3) is 0.231. The molecule has 1 N–H and O–H groups in total. The molecule has 0 aliphatic rings. The zero-order valence-electron chi connectivity index (χ0n) is 9.71. The largest absolute Gasteiger partial charge is 0.348 e. The molecular formula is C13H15N3O. The number of benzene rings is 1. The van der Waals surface area contributed by atoms with Crippen molar-refractivity contribution in [3.8, 4) is 0 Å². The van der Waals surface area contributed by atoms with Gasteiger partial charge in [-0.15, -0.1) is 0 Å². The lowest BCUT2D eigenvalue weighted by Crippen LogP contribution is -2.29. The summed E-state index contributed by atoms with van der Waals surface area (Å²) in [5, 5.41) is 2.95. The van der Waals surface area contributed by atoms with E-state index in [4.69, 9.17) is 0 Å². The van der Waals surface area contributed by atoms with Crippen molar-refractivity contribution in [1.82, 2.24) is 14.9 Å². The Morgan fingerprint density at radius 1 is 1.41 bits per heavy atom. The van der Waals surface area contributed by atoms with E-state index in [0.29, 0.717) is 6.54 Å². The predicted octanol–water partition coefficient (Wildman–Crippen LogP) is 1.76. The molecule has 0 unspecified atom stereocenters. The normalized spacial score (nSPS) is 12.1. The van der Waals surface area contributed by atoms with Crippen molar-refractivity contribution in [2.24, 2.45) is 0 Å². The van der Waals surface area contributed by atoms with Crippen molar-refractivity contribution in [3.63, 3.8) is 0 Å². The van der Waals surface area contributed by atoms with Gasteiger partial charge in [0, 0.05) is 12.4 Å². The summed E-state index contributed by atoms with van der Waals surface area (Å²) in [5.74, 6) is -0.0145. The zero-order chi connectivity index (χ0) is 12.1. The molecule has 1 aromatic heterocycles. The Morgan fingerprint density at radius 2 is 2.18 bits per heavy atom. The summed E-state index contributed by atoms with van der Waals surface area (Å²) in [6, 6.07) is 9.92. The van der Waals surface area contributed by atoms with E-state index in [0.717, 1.165) is 5.56 Å². The summed E-state index contributed by atoms with van der Waals surface area (Å²) >= 11 is 0. The minimum Gasteiger partial charge on any atom is -0.348 e. The molecule has 2 rings (SSSR count). The fourth-order valence-electron chi connectivity index (χ4n) is 1.66. The first-order valence-electron chi connectivity index (χ1n) is 5.56. The molecule has 88 valence electrons. The number of hydrogen-bond acceptors (Lipinski definition) is 2. The van der Waals surface area contributed by atoms with Crippen molar-refractivity contribution in [1.29, 1.82) is 0 Å². The molecule has 0 spiro atoms. The minimum atomic E-state index is -0.0145. The summed E-state index contributed by atoms with van der Waals surface area (Å²) in [5.41, 5.74) is 1.10. The molecule has 0 fully saturated rings. The van der Waals surface area contributed by atoms with Crippen LogP contribution in [0.5, 0.6) is 0 Å². The first kappa shape index (κ1) is 11.4. The third-order valence-electron chi connectivity index (χ3n) is 2.56. The quantitative estimate of drug-likeness (QED) is 0.868. The summed E-state index contributed by atoms with van der Waals surface area (Å²) in [6.07, 6.45) is 5.06. The Hall–Kier alpha value is -2.10. The lowest BCUT2D eigenvalue weighted by Gasteiger charge is -2.14. The van der Waals surface area contributed by atoms with E-state index in [1.165, 1.54) is 0 Å². The number of amides is 1. The minimum absolute atomic E-state index is 0.0145. The topological polar surface area (TPSA) is 46.9 Å². The van der Waals surface area contributed by atoms with Gasteiger partial charge in [0.1, 0.15) is 6.54 Å². The first-order valence-corrected chi connectivity index (χ1v) is 5.56. The van der Waals surface area contributed by atoms with E-state index in [1.807, 2.05) is 37.3 Å². The van der Waals surface area contributed by atoms with Gasteiger partial charge >= 0.3 is 0 Å². The van der Waals surface area contributed by atoms with Crippen LogP contribution in [0, 0.1) is 0 Å². The van der Waals surface area contributed by atoms with Gasteiger partial charge in [0.2, 0.25) is 5.91 Å². The molecule has 0 saturated carbocycles. The second kappa shape index (κ2) is 5.30. The van der Waals surface area contributed by atoms with Crippen LogP contribution < -0.4 is 5.32 Å². The molecule has 0 aliphatic heterocycles. The molecule has 0 radical (unpaired) electrons. The Balaban J connectivity index is 1.91. The van der Waals surface area contributed by atoms with E-state index in [1.54, 1.807) is 23.3 Å². The average Bonchev–Trinajstić information content (AvgIpc) is 2.82. The van der Waals surface area contributed by atoms with Crippen LogP contribution in [-0.4, -0.2) is 15.5 Å². The molecule has 2 aromatic rings. The van der Waals surface area contributed by atoms with Crippen LogP contribution in [0.3, 0.4) is 0 Å². The van der Waals surface area contributed by atoms with Gasteiger partial charge in [-0.05, 0) is 12.5 Å². The maximum Gasteiger partial charge on any atom is 0.240 e. The van der Waals surface area contributed by atoms with E-state index in [9.17, 15) is 4.79 Å². The van der Waals surface area contributed by atoms with Crippen molar-refractivity contribution in [2.75, 3.05) is 0 Å².